The first-order chi connectivity index (χ1) is 10.5. The van der Waals surface area contributed by atoms with Crippen LogP contribution < -0.4 is 4.74 Å². The Morgan fingerprint density at radius 3 is 2.64 bits per heavy atom. The van der Waals surface area contributed by atoms with Crippen molar-refractivity contribution in [1.82, 2.24) is 9.38 Å². The largest absolute Gasteiger partial charge is 0.494 e. The molecule has 0 atom stereocenters. The Labute approximate surface area is 125 Å². The zero-order valence-electron chi connectivity index (χ0n) is 11.8. The highest BCUT2D eigenvalue weighted by Crippen LogP contribution is 2.33. The Bertz CT molecular complexity index is 809. The van der Waals surface area contributed by atoms with Crippen LogP contribution in [0.5, 0.6) is 5.75 Å². The molecule has 2 aromatic heterocycles. The number of halogens is 3. The molecule has 3 aromatic rings. The van der Waals surface area contributed by atoms with Crippen molar-refractivity contribution in [3.05, 3.63) is 65.7 Å². The van der Waals surface area contributed by atoms with Gasteiger partial charge in [0.1, 0.15) is 17.1 Å². The minimum atomic E-state index is -4.37. The third-order valence-corrected chi connectivity index (χ3v) is 3.50. The predicted molar refractivity (Wildman–Crippen MR) is 76.0 cm³/mol. The normalized spacial score (nSPS) is 11.8. The van der Waals surface area contributed by atoms with Crippen LogP contribution >= 0.6 is 0 Å². The molecule has 6 heteroatoms. The van der Waals surface area contributed by atoms with E-state index >= 15 is 0 Å². The Hall–Kier alpha value is -2.50. The third kappa shape index (κ3) is 2.52. The molecule has 3 nitrogen and oxygen atoms in total. The van der Waals surface area contributed by atoms with Gasteiger partial charge in [-0.15, -0.1) is 0 Å². The number of ether oxygens (including phenoxy) is 1. The van der Waals surface area contributed by atoms with Gasteiger partial charge in [-0.25, -0.2) is 4.98 Å². The van der Waals surface area contributed by atoms with Crippen LogP contribution in [0.3, 0.4) is 0 Å². The summed E-state index contributed by atoms with van der Waals surface area (Å²) in [5.41, 5.74) is 0.296. The van der Waals surface area contributed by atoms with Gasteiger partial charge in [-0.1, -0.05) is 18.2 Å². The van der Waals surface area contributed by atoms with E-state index in [0.29, 0.717) is 11.6 Å². The maximum atomic E-state index is 13.1. The van der Waals surface area contributed by atoms with E-state index in [2.05, 4.69) is 4.98 Å². The lowest BCUT2D eigenvalue weighted by atomic mass is 10.0. The maximum absolute atomic E-state index is 13.1. The minimum absolute atomic E-state index is 0.0943. The Morgan fingerprint density at radius 2 is 1.91 bits per heavy atom. The molecule has 0 N–H and O–H groups in total. The molecule has 0 bridgehead atoms. The van der Waals surface area contributed by atoms with Crippen LogP contribution in [0.15, 0.2) is 48.8 Å². The summed E-state index contributed by atoms with van der Waals surface area (Å²) >= 11 is 0. The molecule has 3 rings (SSSR count). The molecular formula is C16H13F3N2O. The van der Waals surface area contributed by atoms with Gasteiger partial charge >= 0.3 is 6.18 Å². The van der Waals surface area contributed by atoms with Crippen molar-refractivity contribution in [2.45, 2.75) is 12.6 Å². The van der Waals surface area contributed by atoms with Crippen molar-refractivity contribution in [3.8, 4) is 5.75 Å². The van der Waals surface area contributed by atoms with E-state index < -0.39 is 11.7 Å². The first-order valence-corrected chi connectivity index (χ1v) is 6.65. The van der Waals surface area contributed by atoms with Crippen LogP contribution in [0.2, 0.25) is 0 Å². The van der Waals surface area contributed by atoms with Gasteiger partial charge in [0.05, 0.1) is 18.9 Å². The Morgan fingerprint density at radius 1 is 1.14 bits per heavy atom. The zero-order valence-corrected chi connectivity index (χ0v) is 11.8. The molecule has 2 heterocycles. The SMILES string of the molecule is COc1cccn2c(Cc3ccccc3C(F)(F)F)ncc12. The molecule has 0 amide bonds. The number of hydrogen-bond acceptors (Lipinski definition) is 2. The molecule has 0 fully saturated rings. The zero-order chi connectivity index (χ0) is 15.7. The molecule has 114 valence electrons. The standard InChI is InChI=1S/C16H13F3N2O/c1-22-14-7-4-8-21-13(14)10-20-15(21)9-11-5-2-3-6-12(11)16(17,18)19/h2-8,10H,9H2,1H3. The highest BCUT2D eigenvalue weighted by Gasteiger charge is 2.33. The molecular weight excluding hydrogens is 293 g/mol. The van der Waals surface area contributed by atoms with Crippen LogP contribution in [0.4, 0.5) is 13.2 Å². The van der Waals surface area contributed by atoms with Crippen molar-refractivity contribution in [1.29, 1.82) is 0 Å². The first kappa shape index (κ1) is 14.4. The van der Waals surface area contributed by atoms with Gasteiger partial charge in [-0.3, -0.25) is 0 Å². The Kier molecular flexibility index (Phi) is 3.52. The molecule has 22 heavy (non-hydrogen) atoms. The number of benzene rings is 1. The summed E-state index contributed by atoms with van der Waals surface area (Å²) in [6.45, 7) is 0. The number of pyridine rings is 1. The number of nitrogens with zero attached hydrogens (tertiary/aromatic N) is 2. The average molecular weight is 306 g/mol. The van der Waals surface area contributed by atoms with Gasteiger partial charge in [0, 0.05) is 12.6 Å². The maximum Gasteiger partial charge on any atom is 0.416 e. The van der Waals surface area contributed by atoms with Gasteiger partial charge in [0.2, 0.25) is 0 Å². The Balaban J connectivity index is 2.05. The van der Waals surface area contributed by atoms with Gasteiger partial charge < -0.3 is 9.14 Å². The molecule has 0 saturated carbocycles. The van der Waals surface area contributed by atoms with Gasteiger partial charge in [-0.05, 0) is 23.8 Å². The number of hydrogen-bond donors (Lipinski definition) is 0. The van der Waals surface area contributed by atoms with Gasteiger partial charge in [0.25, 0.3) is 0 Å². The van der Waals surface area contributed by atoms with Crippen LogP contribution in [0, 0.1) is 0 Å². The number of imidazole rings is 1. The van der Waals surface area contributed by atoms with Crippen LogP contribution in [-0.4, -0.2) is 16.5 Å². The highest BCUT2D eigenvalue weighted by atomic mass is 19.4. The van der Waals surface area contributed by atoms with Crippen LogP contribution in [-0.2, 0) is 12.6 Å². The third-order valence-electron chi connectivity index (χ3n) is 3.50. The van der Waals surface area contributed by atoms with Gasteiger partial charge in [0.15, 0.2) is 0 Å². The lowest BCUT2D eigenvalue weighted by Crippen LogP contribution is -2.10. The summed E-state index contributed by atoms with van der Waals surface area (Å²) in [7, 11) is 1.54. The predicted octanol–water partition coefficient (Wildman–Crippen LogP) is 3.95. The number of rotatable bonds is 3. The highest BCUT2D eigenvalue weighted by molar-refractivity contribution is 5.59. The van der Waals surface area contributed by atoms with Crippen LogP contribution in [0.25, 0.3) is 5.52 Å². The van der Waals surface area contributed by atoms with Crippen molar-refractivity contribution < 1.29 is 17.9 Å². The van der Waals surface area contributed by atoms with Crippen molar-refractivity contribution in [3.63, 3.8) is 0 Å². The van der Waals surface area contributed by atoms with Crippen molar-refractivity contribution in [2.24, 2.45) is 0 Å². The molecule has 1 aromatic carbocycles. The van der Waals surface area contributed by atoms with E-state index in [1.54, 1.807) is 42.1 Å². The van der Waals surface area contributed by atoms with E-state index in [4.69, 9.17) is 4.74 Å². The summed E-state index contributed by atoms with van der Waals surface area (Å²) in [6, 6.07) is 9.10. The van der Waals surface area contributed by atoms with E-state index in [0.717, 1.165) is 11.6 Å². The summed E-state index contributed by atoms with van der Waals surface area (Å²) in [5, 5.41) is 0. The topological polar surface area (TPSA) is 26.5 Å². The van der Waals surface area contributed by atoms with Crippen molar-refractivity contribution >= 4 is 5.52 Å². The van der Waals surface area contributed by atoms with Crippen molar-refractivity contribution in [2.75, 3.05) is 7.11 Å². The number of fused-ring (bicyclic) bond motifs is 1. The number of methoxy groups -OCH3 is 1. The monoisotopic (exact) mass is 306 g/mol. The first-order valence-electron chi connectivity index (χ1n) is 6.65. The second-order valence-corrected chi connectivity index (χ2v) is 4.84. The van der Waals surface area contributed by atoms with E-state index in [-0.39, 0.29) is 12.0 Å². The van der Waals surface area contributed by atoms with E-state index in [1.807, 2.05) is 0 Å². The summed E-state index contributed by atoms with van der Waals surface area (Å²) in [6.07, 6.45) is -0.918. The molecule has 0 aliphatic carbocycles. The summed E-state index contributed by atoms with van der Waals surface area (Å²) in [4.78, 5) is 4.24. The fourth-order valence-electron chi connectivity index (χ4n) is 2.47. The molecule has 0 radical (unpaired) electrons. The summed E-state index contributed by atoms with van der Waals surface area (Å²) in [5.74, 6) is 1.16. The second-order valence-electron chi connectivity index (χ2n) is 4.84. The smallest absolute Gasteiger partial charge is 0.416 e. The second kappa shape index (κ2) is 5.36. The van der Waals surface area contributed by atoms with Gasteiger partial charge in [-0.2, -0.15) is 13.2 Å². The minimum Gasteiger partial charge on any atom is -0.494 e. The number of aromatic nitrogens is 2. The molecule has 0 spiro atoms. The molecule has 0 saturated heterocycles. The van der Waals surface area contributed by atoms with E-state index in [1.165, 1.54) is 12.1 Å². The van der Waals surface area contributed by atoms with Crippen LogP contribution in [0.1, 0.15) is 17.0 Å². The molecule has 0 aliphatic rings. The average Bonchev–Trinajstić information content (AvgIpc) is 2.90. The lowest BCUT2D eigenvalue weighted by molar-refractivity contribution is -0.138. The van der Waals surface area contributed by atoms with E-state index in [9.17, 15) is 13.2 Å². The molecule has 0 unspecified atom stereocenters. The quantitative estimate of drug-likeness (QED) is 0.732. The fraction of sp³-hybridized carbons (Fsp3) is 0.188. The lowest BCUT2D eigenvalue weighted by Gasteiger charge is -2.12. The fourth-order valence-corrected chi connectivity index (χ4v) is 2.47. The number of alkyl halides is 3. The molecule has 0 aliphatic heterocycles. The summed E-state index contributed by atoms with van der Waals surface area (Å²) < 4.78 is 46.2.